The summed E-state index contributed by atoms with van der Waals surface area (Å²) in [4.78, 5) is 22.2. The second kappa shape index (κ2) is 7.35. The van der Waals surface area contributed by atoms with Gasteiger partial charge in [0.25, 0.3) is 5.91 Å². The number of nitrogens with one attached hydrogen (secondary N) is 1. The van der Waals surface area contributed by atoms with Gasteiger partial charge in [-0.2, -0.15) is 0 Å². The van der Waals surface area contributed by atoms with Gasteiger partial charge in [-0.05, 0) is 53.1 Å². The van der Waals surface area contributed by atoms with Crippen LogP contribution in [0.3, 0.4) is 0 Å². The molecule has 2 N–H and O–H groups in total. The summed E-state index contributed by atoms with van der Waals surface area (Å²) in [6, 6.07) is 7.34. The highest BCUT2D eigenvalue weighted by atomic mass is 127. The molecular formula is C13H16INO3. The first-order valence-corrected chi connectivity index (χ1v) is 6.82. The first-order valence-electron chi connectivity index (χ1n) is 5.74. The number of carboxylic acids is 1. The van der Waals surface area contributed by atoms with Crippen LogP contribution in [0, 0.1) is 9.49 Å². The zero-order valence-electron chi connectivity index (χ0n) is 10.1. The van der Waals surface area contributed by atoms with Crippen molar-refractivity contribution >= 4 is 34.5 Å². The van der Waals surface area contributed by atoms with Crippen molar-refractivity contribution in [1.82, 2.24) is 5.32 Å². The SMILES string of the molecule is CC(CCC(=O)O)CNC(=O)c1cccc(I)c1. The summed E-state index contributed by atoms with van der Waals surface area (Å²) in [6.07, 6.45) is 0.711. The molecule has 1 rings (SSSR count). The molecule has 0 heterocycles. The molecule has 0 aliphatic rings. The molecule has 0 spiro atoms. The molecule has 18 heavy (non-hydrogen) atoms. The number of hydrogen-bond acceptors (Lipinski definition) is 2. The Morgan fingerprint density at radius 1 is 1.44 bits per heavy atom. The van der Waals surface area contributed by atoms with E-state index in [1.165, 1.54) is 0 Å². The molecular weight excluding hydrogens is 345 g/mol. The number of hydrogen-bond donors (Lipinski definition) is 2. The second-order valence-corrected chi connectivity index (χ2v) is 5.50. The fraction of sp³-hybridized carbons (Fsp3) is 0.385. The van der Waals surface area contributed by atoms with E-state index in [-0.39, 0.29) is 18.2 Å². The van der Waals surface area contributed by atoms with Crippen molar-refractivity contribution in [2.24, 2.45) is 5.92 Å². The number of carbonyl (C=O) groups excluding carboxylic acids is 1. The lowest BCUT2D eigenvalue weighted by Crippen LogP contribution is -2.28. The number of rotatable bonds is 6. The molecule has 0 aliphatic heterocycles. The average Bonchev–Trinajstić information content (AvgIpc) is 2.33. The summed E-state index contributed by atoms with van der Waals surface area (Å²) in [7, 11) is 0. The van der Waals surface area contributed by atoms with Gasteiger partial charge in [0.15, 0.2) is 0 Å². The van der Waals surface area contributed by atoms with Gasteiger partial charge in [0.1, 0.15) is 0 Å². The van der Waals surface area contributed by atoms with Crippen molar-refractivity contribution < 1.29 is 14.7 Å². The van der Waals surface area contributed by atoms with Crippen LogP contribution in [0.2, 0.25) is 0 Å². The highest BCUT2D eigenvalue weighted by molar-refractivity contribution is 14.1. The largest absolute Gasteiger partial charge is 0.481 e. The standard InChI is InChI=1S/C13H16INO3/c1-9(5-6-12(16)17)8-15-13(18)10-3-2-4-11(14)7-10/h2-4,7,9H,5-6,8H2,1H3,(H,15,18)(H,16,17). The van der Waals surface area contributed by atoms with E-state index in [9.17, 15) is 9.59 Å². The summed E-state index contributed by atoms with van der Waals surface area (Å²) in [5, 5.41) is 11.4. The Balaban J connectivity index is 2.39. The third-order valence-electron chi connectivity index (χ3n) is 2.55. The summed E-state index contributed by atoms with van der Waals surface area (Å²) >= 11 is 2.16. The second-order valence-electron chi connectivity index (χ2n) is 4.26. The number of aliphatic carboxylic acids is 1. The van der Waals surface area contributed by atoms with E-state index in [0.29, 0.717) is 18.5 Å². The van der Waals surface area contributed by atoms with Crippen LogP contribution in [-0.4, -0.2) is 23.5 Å². The molecule has 0 radical (unpaired) electrons. The monoisotopic (exact) mass is 361 g/mol. The van der Waals surface area contributed by atoms with Crippen LogP contribution in [0.4, 0.5) is 0 Å². The molecule has 0 fully saturated rings. The van der Waals surface area contributed by atoms with E-state index in [4.69, 9.17) is 5.11 Å². The highest BCUT2D eigenvalue weighted by Gasteiger charge is 2.09. The van der Waals surface area contributed by atoms with Gasteiger partial charge in [-0.15, -0.1) is 0 Å². The maximum absolute atomic E-state index is 11.8. The minimum Gasteiger partial charge on any atom is -0.481 e. The lowest BCUT2D eigenvalue weighted by Gasteiger charge is -2.11. The molecule has 1 unspecified atom stereocenters. The van der Waals surface area contributed by atoms with Gasteiger partial charge in [-0.1, -0.05) is 13.0 Å². The van der Waals surface area contributed by atoms with Crippen molar-refractivity contribution in [3.63, 3.8) is 0 Å². The number of halogens is 1. The van der Waals surface area contributed by atoms with Gasteiger partial charge >= 0.3 is 5.97 Å². The Kier molecular flexibility index (Phi) is 6.11. The van der Waals surface area contributed by atoms with Gasteiger partial charge in [0.05, 0.1) is 0 Å². The van der Waals surface area contributed by atoms with Gasteiger partial charge < -0.3 is 10.4 Å². The number of carbonyl (C=O) groups is 2. The fourth-order valence-electron chi connectivity index (χ4n) is 1.47. The molecule has 0 saturated carbocycles. The molecule has 1 atom stereocenters. The number of benzene rings is 1. The van der Waals surface area contributed by atoms with Crippen molar-refractivity contribution in [1.29, 1.82) is 0 Å². The van der Waals surface area contributed by atoms with E-state index >= 15 is 0 Å². The van der Waals surface area contributed by atoms with E-state index in [0.717, 1.165) is 3.57 Å². The third-order valence-corrected chi connectivity index (χ3v) is 3.22. The Hall–Kier alpha value is -1.11. The van der Waals surface area contributed by atoms with Gasteiger partial charge in [0.2, 0.25) is 0 Å². The van der Waals surface area contributed by atoms with E-state index < -0.39 is 5.97 Å². The predicted octanol–water partition coefficient (Wildman–Crippen LogP) is 2.52. The lowest BCUT2D eigenvalue weighted by atomic mass is 10.1. The van der Waals surface area contributed by atoms with Crippen LogP contribution < -0.4 is 5.32 Å². The molecule has 5 heteroatoms. The van der Waals surface area contributed by atoms with E-state index in [1.54, 1.807) is 6.07 Å². The van der Waals surface area contributed by atoms with E-state index in [2.05, 4.69) is 27.9 Å². The van der Waals surface area contributed by atoms with Crippen LogP contribution >= 0.6 is 22.6 Å². The van der Waals surface area contributed by atoms with Crippen molar-refractivity contribution in [3.05, 3.63) is 33.4 Å². The normalized spacial score (nSPS) is 11.9. The van der Waals surface area contributed by atoms with Crippen molar-refractivity contribution in [3.8, 4) is 0 Å². The van der Waals surface area contributed by atoms with Gasteiger partial charge in [-0.3, -0.25) is 9.59 Å². The molecule has 1 amide bonds. The minimum atomic E-state index is -0.800. The highest BCUT2D eigenvalue weighted by Crippen LogP contribution is 2.08. The number of carboxylic acid groups (broad SMARTS) is 1. The van der Waals surface area contributed by atoms with Crippen LogP contribution in [-0.2, 0) is 4.79 Å². The first kappa shape index (κ1) is 14.9. The zero-order chi connectivity index (χ0) is 13.5. The summed E-state index contributed by atoms with van der Waals surface area (Å²) < 4.78 is 1.01. The maximum atomic E-state index is 11.8. The molecule has 98 valence electrons. The van der Waals surface area contributed by atoms with Crippen LogP contribution in [0.15, 0.2) is 24.3 Å². The third kappa shape index (κ3) is 5.48. The molecule has 0 bridgehead atoms. The Morgan fingerprint density at radius 3 is 2.78 bits per heavy atom. The minimum absolute atomic E-state index is 0.115. The van der Waals surface area contributed by atoms with Crippen LogP contribution in [0.5, 0.6) is 0 Å². The Morgan fingerprint density at radius 2 is 2.17 bits per heavy atom. The first-order chi connectivity index (χ1) is 8.49. The van der Waals surface area contributed by atoms with Crippen LogP contribution in [0.25, 0.3) is 0 Å². The lowest BCUT2D eigenvalue weighted by molar-refractivity contribution is -0.137. The quantitative estimate of drug-likeness (QED) is 0.766. The van der Waals surface area contributed by atoms with Crippen molar-refractivity contribution in [2.75, 3.05) is 6.54 Å². The summed E-state index contributed by atoms with van der Waals surface area (Å²) in [5.41, 5.74) is 0.632. The zero-order valence-corrected chi connectivity index (χ0v) is 12.3. The topological polar surface area (TPSA) is 66.4 Å². The molecule has 0 saturated heterocycles. The predicted molar refractivity (Wildman–Crippen MR) is 77.5 cm³/mol. The Bertz CT molecular complexity index is 434. The average molecular weight is 361 g/mol. The molecule has 0 aliphatic carbocycles. The van der Waals surface area contributed by atoms with Gasteiger partial charge in [0, 0.05) is 22.1 Å². The molecule has 1 aromatic rings. The molecule has 4 nitrogen and oxygen atoms in total. The smallest absolute Gasteiger partial charge is 0.303 e. The Labute approximate surface area is 120 Å². The van der Waals surface area contributed by atoms with Gasteiger partial charge in [-0.25, -0.2) is 0 Å². The van der Waals surface area contributed by atoms with Crippen molar-refractivity contribution in [2.45, 2.75) is 19.8 Å². The number of amides is 1. The molecule has 0 aromatic heterocycles. The summed E-state index contributed by atoms with van der Waals surface area (Å²) in [6.45, 7) is 2.43. The summed E-state index contributed by atoms with van der Waals surface area (Å²) in [5.74, 6) is -0.755. The maximum Gasteiger partial charge on any atom is 0.303 e. The molecule has 1 aromatic carbocycles. The van der Waals surface area contributed by atoms with E-state index in [1.807, 2.05) is 25.1 Å². The van der Waals surface area contributed by atoms with Crippen LogP contribution in [0.1, 0.15) is 30.1 Å². The fourth-order valence-corrected chi connectivity index (χ4v) is 2.01.